The number of rotatable bonds is 4. The Balaban J connectivity index is 2.53. The zero-order chi connectivity index (χ0) is 17.2. The molecule has 4 nitrogen and oxygen atoms in total. The average Bonchev–Trinajstić information content (AvgIpc) is 2.47. The van der Waals surface area contributed by atoms with E-state index in [1.165, 1.54) is 6.07 Å². The number of nitrogens with zero attached hydrogens (tertiary/aromatic N) is 1. The summed E-state index contributed by atoms with van der Waals surface area (Å²) >= 11 is 3.23. The van der Waals surface area contributed by atoms with Crippen molar-refractivity contribution in [3.63, 3.8) is 0 Å². The van der Waals surface area contributed by atoms with Crippen LogP contribution in [0.3, 0.4) is 0 Å². The molecular formula is C15H11BrF3NO3. The molecule has 8 heteroatoms. The monoisotopic (exact) mass is 389 g/mol. The molecular weight excluding hydrogens is 379 g/mol. The number of carbonyl (C=O) groups is 1. The Hall–Kier alpha value is -2.09. The molecule has 0 aliphatic carbocycles. The number of alkyl halides is 3. The van der Waals surface area contributed by atoms with Crippen molar-refractivity contribution in [3.8, 4) is 11.6 Å². The highest BCUT2D eigenvalue weighted by molar-refractivity contribution is 9.10. The molecule has 0 amide bonds. The molecule has 1 heterocycles. The highest BCUT2D eigenvalue weighted by atomic mass is 79.9. The SMILES string of the molecule is CCc1cc(Oc2ccc(Br)cc2)nc(C(F)(F)F)c1C(=O)O. The Bertz CT molecular complexity index is 730. The van der Waals surface area contributed by atoms with Gasteiger partial charge in [-0.15, -0.1) is 0 Å². The maximum absolute atomic E-state index is 13.1. The maximum Gasteiger partial charge on any atom is 0.434 e. The minimum absolute atomic E-state index is 0.00642. The number of carboxylic acid groups (broad SMARTS) is 1. The van der Waals surface area contributed by atoms with E-state index in [9.17, 15) is 18.0 Å². The summed E-state index contributed by atoms with van der Waals surface area (Å²) < 4.78 is 45.4. The van der Waals surface area contributed by atoms with E-state index >= 15 is 0 Å². The second-order valence-electron chi connectivity index (χ2n) is 4.56. The molecule has 0 radical (unpaired) electrons. The van der Waals surface area contributed by atoms with Gasteiger partial charge in [-0.3, -0.25) is 0 Å². The number of carboxylic acids is 1. The molecule has 0 unspecified atom stereocenters. The molecule has 23 heavy (non-hydrogen) atoms. The summed E-state index contributed by atoms with van der Waals surface area (Å²) in [5.74, 6) is -1.68. The van der Waals surface area contributed by atoms with E-state index < -0.39 is 23.4 Å². The Morgan fingerprint density at radius 1 is 1.30 bits per heavy atom. The van der Waals surface area contributed by atoms with Gasteiger partial charge in [-0.25, -0.2) is 9.78 Å². The Morgan fingerprint density at radius 2 is 1.91 bits per heavy atom. The summed E-state index contributed by atoms with van der Waals surface area (Å²) in [6.07, 6.45) is -4.79. The molecule has 0 bridgehead atoms. The van der Waals surface area contributed by atoms with Crippen LogP contribution in [0.4, 0.5) is 13.2 Å². The molecule has 0 spiro atoms. The molecule has 1 aromatic heterocycles. The van der Waals surface area contributed by atoms with E-state index in [0.717, 1.165) is 4.47 Å². The lowest BCUT2D eigenvalue weighted by Crippen LogP contribution is -2.18. The predicted molar refractivity (Wildman–Crippen MR) is 79.8 cm³/mol. The summed E-state index contributed by atoms with van der Waals surface area (Å²) in [5, 5.41) is 9.07. The number of hydrogen-bond donors (Lipinski definition) is 1. The van der Waals surface area contributed by atoms with E-state index in [1.54, 1.807) is 31.2 Å². The maximum atomic E-state index is 13.1. The van der Waals surface area contributed by atoms with Crippen LogP contribution < -0.4 is 4.74 Å². The highest BCUT2D eigenvalue weighted by Gasteiger charge is 2.39. The van der Waals surface area contributed by atoms with Gasteiger partial charge in [0.25, 0.3) is 0 Å². The van der Waals surface area contributed by atoms with E-state index in [2.05, 4.69) is 20.9 Å². The largest absolute Gasteiger partial charge is 0.478 e. The number of hydrogen-bond acceptors (Lipinski definition) is 3. The van der Waals surface area contributed by atoms with Crippen LogP contribution >= 0.6 is 15.9 Å². The van der Waals surface area contributed by atoms with Gasteiger partial charge < -0.3 is 9.84 Å². The normalized spacial score (nSPS) is 11.3. The van der Waals surface area contributed by atoms with Crippen LogP contribution in [0.5, 0.6) is 11.6 Å². The van der Waals surface area contributed by atoms with Crippen molar-refractivity contribution < 1.29 is 27.8 Å². The van der Waals surface area contributed by atoms with Gasteiger partial charge in [-0.1, -0.05) is 22.9 Å². The van der Waals surface area contributed by atoms with Crippen LogP contribution in [0, 0.1) is 0 Å². The van der Waals surface area contributed by atoms with E-state index in [0.29, 0.717) is 5.75 Å². The van der Waals surface area contributed by atoms with Crippen molar-refractivity contribution in [1.82, 2.24) is 4.98 Å². The number of aromatic nitrogens is 1. The van der Waals surface area contributed by atoms with Gasteiger partial charge >= 0.3 is 12.1 Å². The molecule has 122 valence electrons. The third-order valence-electron chi connectivity index (χ3n) is 2.98. The topological polar surface area (TPSA) is 59.4 Å². The molecule has 2 rings (SSSR count). The summed E-state index contributed by atoms with van der Waals surface area (Å²) in [5.41, 5.74) is -2.30. The highest BCUT2D eigenvalue weighted by Crippen LogP contribution is 2.35. The second-order valence-corrected chi connectivity index (χ2v) is 5.47. The first kappa shape index (κ1) is 17.3. The minimum atomic E-state index is -4.89. The number of ether oxygens (including phenoxy) is 1. The number of benzene rings is 1. The summed E-state index contributed by atoms with van der Waals surface area (Å²) in [6.45, 7) is 1.56. The fourth-order valence-corrected chi connectivity index (χ4v) is 2.23. The Labute approximate surface area is 138 Å². The summed E-state index contributed by atoms with van der Waals surface area (Å²) in [6, 6.07) is 7.63. The van der Waals surface area contributed by atoms with E-state index in [1.807, 2.05) is 0 Å². The standard InChI is InChI=1S/C15H11BrF3NO3/c1-2-8-7-11(23-10-5-3-9(16)4-6-10)20-13(15(17,18)19)12(8)14(21)22/h3-7H,2H2,1H3,(H,21,22). The molecule has 0 aliphatic rings. The fraction of sp³-hybridized carbons (Fsp3) is 0.200. The summed E-state index contributed by atoms with van der Waals surface area (Å²) in [7, 11) is 0. The predicted octanol–water partition coefficient (Wildman–Crippen LogP) is 4.92. The first-order valence-corrected chi connectivity index (χ1v) is 7.29. The van der Waals surface area contributed by atoms with Crippen molar-refractivity contribution in [1.29, 1.82) is 0 Å². The van der Waals surface area contributed by atoms with Gasteiger partial charge in [-0.05, 0) is 36.2 Å². The van der Waals surface area contributed by atoms with Crippen molar-refractivity contribution in [2.24, 2.45) is 0 Å². The van der Waals surface area contributed by atoms with E-state index in [4.69, 9.17) is 9.84 Å². The molecule has 0 saturated carbocycles. The van der Waals surface area contributed by atoms with Gasteiger partial charge in [0.2, 0.25) is 5.88 Å². The van der Waals surface area contributed by atoms with Gasteiger partial charge in [0.05, 0.1) is 5.56 Å². The van der Waals surface area contributed by atoms with E-state index in [-0.39, 0.29) is 17.9 Å². The quantitative estimate of drug-likeness (QED) is 0.806. The molecule has 0 aliphatic heterocycles. The zero-order valence-corrected chi connectivity index (χ0v) is 13.4. The molecule has 1 N–H and O–H groups in total. The lowest BCUT2D eigenvalue weighted by atomic mass is 10.0. The van der Waals surface area contributed by atoms with Crippen molar-refractivity contribution in [2.45, 2.75) is 19.5 Å². The van der Waals surface area contributed by atoms with Gasteiger partial charge in [0, 0.05) is 10.5 Å². The third kappa shape index (κ3) is 4.01. The van der Waals surface area contributed by atoms with Crippen LogP contribution in [0.2, 0.25) is 0 Å². The second kappa shape index (κ2) is 6.57. The lowest BCUT2D eigenvalue weighted by molar-refractivity contribution is -0.141. The van der Waals surface area contributed by atoms with Gasteiger partial charge in [-0.2, -0.15) is 13.2 Å². The first-order chi connectivity index (χ1) is 10.7. The Kier molecular flexibility index (Phi) is 4.93. The Morgan fingerprint density at radius 3 is 2.39 bits per heavy atom. The van der Waals surface area contributed by atoms with Crippen molar-refractivity contribution in [3.05, 3.63) is 51.6 Å². The first-order valence-electron chi connectivity index (χ1n) is 6.50. The number of aryl methyl sites for hydroxylation is 1. The van der Waals surface area contributed by atoms with Crippen LogP contribution in [0.1, 0.15) is 28.5 Å². The minimum Gasteiger partial charge on any atom is -0.478 e. The van der Waals surface area contributed by atoms with Crippen LogP contribution in [0.15, 0.2) is 34.8 Å². The number of pyridine rings is 1. The fourth-order valence-electron chi connectivity index (χ4n) is 1.97. The van der Waals surface area contributed by atoms with Gasteiger partial charge in [0.1, 0.15) is 5.75 Å². The zero-order valence-electron chi connectivity index (χ0n) is 11.8. The smallest absolute Gasteiger partial charge is 0.434 e. The van der Waals surface area contributed by atoms with Crippen molar-refractivity contribution >= 4 is 21.9 Å². The molecule has 0 saturated heterocycles. The van der Waals surface area contributed by atoms with Crippen LogP contribution in [-0.2, 0) is 12.6 Å². The average molecular weight is 390 g/mol. The third-order valence-corrected chi connectivity index (χ3v) is 3.51. The van der Waals surface area contributed by atoms with Crippen LogP contribution in [-0.4, -0.2) is 16.1 Å². The molecule has 0 atom stereocenters. The van der Waals surface area contributed by atoms with Crippen molar-refractivity contribution in [2.75, 3.05) is 0 Å². The van der Waals surface area contributed by atoms with Crippen LogP contribution in [0.25, 0.3) is 0 Å². The molecule has 2 aromatic rings. The lowest BCUT2D eigenvalue weighted by Gasteiger charge is -2.15. The number of aromatic carboxylic acids is 1. The molecule has 0 fully saturated rings. The molecule has 1 aromatic carbocycles. The number of halogens is 4. The summed E-state index contributed by atoms with van der Waals surface area (Å²) in [4.78, 5) is 14.5. The van der Waals surface area contributed by atoms with Gasteiger partial charge in [0.15, 0.2) is 5.69 Å².